The molecule has 1 aliphatic heterocycles. The van der Waals surface area contributed by atoms with Crippen LogP contribution in [0.4, 0.5) is 5.69 Å². The molecule has 29 heavy (non-hydrogen) atoms. The molecule has 0 bridgehead atoms. The second kappa shape index (κ2) is 8.85. The van der Waals surface area contributed by atoms with Crippen LogP contribution in [0.25, 0.3) is 10.2 Å². The first-order chi connectivity index (χ1) is 14.0. The van der Waals surface area contributed by atoms with Gasteiger partial charge >= 0.3 is 0 Å². The molecule has 1 aliphatic rings. The molecule has 4 rings (SSSR count). The summed E-state index contributed by atoms with van der Waals surface area (Å²) in [4.78, 5) is 31.8. The third-order valence-electron chi connectivity index (χ3n) is 4.85. The van der Waals surface area contributed by atoms with Gasteiger partial charge in [-0.3, -0.25) is 9.59 Å². The fraction of sp³-hybridized carbons (Fsp3) is 0.286. The molecule has 0 aliphatic carbocycles. The maximum absolute atomic E-state index is 12.7. The molecule has 0 radical (unpaired) electrons. The molecule has 8 heteroatoms. The van der Waals surface area contributed by atoms with Crippen LogP contribution in [0.15, 0.2) is 51.9 Å². The molecule has 2 amide bonds. The maximum atomic E-state index is 12.7. The molecule has 0 spiro atoms. The molecular weight excluding hydrogens is 470 g/mol. The molecule has 0 fully saturated rings. The lowest BCUT2D eigenvalue weighted by molar-refractivity contribution is -0.116. The summed E-state index contributed by atoms with van der Waals surface area (Å²) < 4.78 is 3.99. The van der Waals surface area contributed by atoms with Crippen molar-refractivity contribution in [1.82, 2.24) is 4.57 Å². The summed E-state index contributed by atoms with van der Waals surface area (Å²) in [5, 5.41) is 0. The number of carbonyl (C=O) groups is 2. The summed E-state index contributed by atoms with van der Waals surface area (Å²) in [7, 11) is 1.91. The van der Waals surface area contributed by atoms with E-state index in [-0.39, 0.29) is 23.3 Å². The quantitative estimate of drug-likeness (QED) is 0.553. The molecule has 2 heterocycles. The highest BCUT2D eigenvalue weighted by Gasteiger charge is 2.22. The molecule has 0 atom stereocenters. The van der Waals surface area contributed by atoms with E-state index in [4.69, 9.17) is 0 Å². The number of amides is 2. The van der Waals surface area contributed by atoms with Crippen LogP contribution in [-0.2, 0) is 23.1 Å². The van der Waals surface area contributed by atoms with E-state index in [1.165, 1.54) is 28.7 Å². The smallest absolute Gasteiger partial charge is 0.258 e. The first-order valence-corrected chi connectivity index (χ1v) is 12.1. The number of fused-ring (bicyclic) bond motifs is 2. The van der Waals surface area contributed by atoms with Gasteiger partial charge in [0.1, 0.15) is 0 Å². The molecule has 2 aromatic carbocycles. The molecule has 150 valence electrons. The minimum atomic E-state index is -0.219. The number of aryl methyl sites for hydroxylation is 2. The summed E-state index contributed by atoms with van der Waals surface area (Å²) in [5.74, 6) is 0.301. The van der Waals surface area contributed by atoms with Crippen molar-refractivity contribution in [1.29, 1.82) is 0 Å². The van der Waals surface area contributed by atoms with Gasteiger partial charge in [-0.15, -0.1) is 11.8 Å². The minimum absolute atomic E-state index is 0.0483. The van der Waals surface area contributed by atoms with Gasteiger partial charge in [-0.25, -0.2) is 0 Å². The van der Waals surface area contributed by atoms with Gasteiger partial charge in [-0.1, -0.05) is 45.5 Å². The summed E-state index contributed by atoms with van der Waals surface area (Å²) in [6.45, 7) is 0.738. The molecule has 0 N–H and O–H groups in total. The topological polar surface area (TPSA) is 54.7 Å². The second-order valence-corrected chi connectivity index (χ2v) is 9.74. The summed E-state index contributed by atoms with van der Waals surface area (Å²) >= 11 is 6.28. The average Bonchev–Trinajstić information content (AvgIpc) is 3.01. The number of hydrogen-bond donors (Lipinski definition) is 0. The lowest BCUT2D eigenvalue weighted by Gasteiger charge is -2.29. The van der Waals surface area contributed by atoms with Crippen molar-refractivity contribution in [3.63, 3.8) is 0 Å². The predicted molar refractivity (Wildman–Crippen MR) is 124 cm³/mol. The number of para-hydroxylation sites is 1. The molecule has 0 unspecified atom stereocenters. The van der Waals surface area contributed by atoms with Gasteiger partial charge in [0.25, 0.3) is 5.91 Å². The molecule has 5 nitrogen and oxygen atoms in total. The SMILES string of the molecule is Cn1c(=NC(=O)CSCC(=O)N2CCCc3ccccc32)sc2cc(Br)ccc21. The summed E-state index contributed by atoms with van der Waals surface area (Å²) in [6, 6.07) is 14.0. The van der Waals surface area contributed by atoms with E-state index in [1.54, 1.807) is 0 Å². The van der Waals surface area contributed by atoms with Crippen molar-refractivity contribution in [2.75, 3.05) is 23.0 Å². The minimum Gasteiger partial charge on any atom is -0.319 e. The Morgan fingerprint density at radius 1 is 1.21 bits per heavy atom. The Hall–Kier alpha value is -1.90. The zero-order valence-corrected chi connectivity index (χ0v) is 19.1. The summed E-state index contributed by atoms with van der Waals surface area (Å²) in [5.41, 5.74) is 3.26. The number of thiazole rings is 1. The van der Waals surface area contributed by atoms with Crippen molar-refractivity contribution < 1.29 is 9.59 Å². The first kappa shape index (κ1) is 20.4. The Labute approximate surface area is 185 Å². The fourth-order valence-corrected chi connectivity index (χ4v) is 5.71. The monoisotopic (exact) mass is 489 g/mol. The number of anilines is 1. The van der Waals surface area contributed by atoms with E-state index >= 15 is 0 Å². The van der Waals surface area contributed by atoms with Crippen LogP contribution in [-0.4, -0.2) is 34.4 Å². The van der Waals surface area contributed by atoms with Crippen molar-refractivity contribution in [3.05, 3.63) is 57.3 Å². The van der Waals surface area contributed by atoms with Gasteiger partial charge in [0.05, 0.1) is 21.7 Å². The zero-order chi connectivity index (χ0) is 20.4. The van der Waals surface area contributed by atoms with Crippen LogP contribution in [0, 0.1) is 0 Å². The highest BCUT2D eigenvalue weighted by molar-refractivity contribution is 9.10. The predicted octanol–water partition coefficient (Wildman–Crippen LogP) is 4.14. The second-order valence-electron chi connectivity index (χ2n) is 6.83. The Morgan fingerprint density at radius 2 is 2.03 bits per heavy atom. The van der Waals surface area contributed by atoms with E-state index in [0.717, 1.165) is 39.8 Å². The lowest BCUT2D eigenvalue weighted by atomic mass is 10.0. The zero-order valence-electron chi connectivity index (χ0n) is 15.9. The van der Waals surface area contributed by atoms with Crippen molar-refractivity contribution in [2.45, 2.75) is 12.8 Å². The number of halogens is 1. The van der Waals surface area contributed by atoms with E-state index in [1.807, 2.05) is 52.9 Å². The number of hydrogen-bond acceptors (Lipinski definition) is 4. The van der Waals surface area contributed by atoms with Gasteiger partial charge in [-0.2, -0.15) is 4.99 Å². The number of benzene rings is 2. The van der Waals surface area contributed by atoms with Crippen molar-refractivity contribution in [3.8, 4) is 0 Å². The highest BCUT2D eigenvalue weighted by Crippen LogP contribution is 2.27. The largest absolute Gasteiger partial charge is 0.319 e. The Balaban J connectivity index is 1.39. The normalized spacial score (nSPS) is 14.3. The number of rotatable bonds is 4. The number of thioether (sulfide) groups is 1. The summed E-state index contributed by atoms with van der Waals surface area (Å²) in [6.07, 6.45) is 1.98. The lowest BCUT2D eigenvalue weighted by Crippen LogP contribution is -2.36. The van der Waals surface area contributed by atoms with Gasteiger partial charge in [0, 0.05) is 23.8 Å². The number of carbonyl (C=O) groups excluding carboxylic acids is 2. The van der Waals surface area contributed by atoms with E-state index in [9.17, 15) is 9.59 Å². The van der Waals surface area contributed by atoms with Gasteiger partial charge in [0.2, 0.25) is 5.91 Å². The number of aromatic nitrogens is 1. The van der Waals surface area contributed by atoms with Crippen LogP contribution >= 0.6 is 39.0 Å². The van der Waals surface area contributed by atoms with Crippen LogP contribution < -0.4 is 9.70 Å². The fourth-order valence-electron chi connectivity index (χ4n) is 3.45. The van der Waals surface area contributed by atoms with E-state index in [2.05, 4.69) is 27.0 Å². The Bertz CT molecular complexity index is 1150. The molecular formula is C21H20BrN3O2S2. The van der Waals surface area contributed by atoms with Crippen LogP contribution in [0.5, 0.6) is 0 Å². The van der Waals surface area contributed by atoms with Crippen molar-refractivity contribution >= 4 is 66.7 Å². The molecule has 3 aromatic rings. The standard InChI is InChI=1S/C21H20BrN3O2S2/c1-24-17-9-8-15(22)11-18(17)29-21(24)23-19(26)12-28-13-20(27)25-10-4-6-14-5-2-3-7-16(14)25/h2-3,5,7-9,11H,4,6,10,12-13H2,1H3. The molecule has 0 saturated carbocycles. The third kappa shape index (κ3) is 4.49. The highest BCUT2D eigenvalue weighted by atomic mass is 79.9. The molecule has 1 aromatic heterocycles. The van der Waals surface area contributed by atoms with Crippen molar-refractivity contribution in [2.24, 2.45) is 12.0 Å². The maximum Gasteiger partial charge on any atom is 0.258 e. The molecule has 0 saturated heterocycles. The van der Waals surface area contributed by atoms with Gasteiger partial charge in [0.15, 0.2) is 4.80 Å². The average molecular weight is 490 g/mol. The number of nitrogens with zero attached hydrogens (tertiary/aromatic N) is 3. The van der Waals surface area contributed by atoms with E-state index < -0.39 is 0 Å². The third-order valence-corrected chi connectivity index (χ3v) is 7.34. The van der Waals surface area contributed by atoms with E-state index in [0.29, 0.717) is 4.80 Å². The first-order valence-electron chi connectivity index (χ1n) is 9.31. The van der Waals surface area contributed by atoms with Gasteiger partial charge in [-0.05, 0) is 42.7 Å². The van der Waals surface area contributed by atoms with Gasteiger partial charge < -0.3 is 9.47 Å². The Kier molecular flexibility index (Phi) is 6.22. The van der Waals surface area contributed by atoms with Crippen LogP contribution in [0.1, 0.15) is 12.0 Å². The van der Waals surface area contributed by atoms with Crippen LogP contribution in [0.2, 0.25) is 0 Å². The Morgan fingerprint density at radius 3 is 2.90 bits per heavy atom. The van der Waals surface area contributed by atoms with Crippen LogP contribution in [0.3, 0.4) is 0 Å².